The summed E-state index contributed by atoms with van der Waals surface area (Å²) in [5.41, 5.74) is 1.03. The van der Waals surface area contributed by atoms with Gasteiger partial charge in [-0.1, -0.05) is 55.5 Å². The monoisotopic (exact) mass is 341 g/mol. The van der Waals surface area contributed by atoms with Gasteiger partial charge in [0.2, 0.25) is 0 Å². The third kappa shape index (κ3) is 4.50. The molecular weight excluding hydrogens is 322 g/mol. The van der Waals surface area contributed by atoms with Crippen LogP contribution in [0.25, 0.3) is 0 Å². The molecule has 0 aliphatic rings. The Balaban J connectivity index is 2.21. The summed E-state index contributed by atoms with van der Waals surface area (Å²) in [4.78, 5) is 35.2. The van der Waals surface area contributed by atoms with Crippen LogP contribution in [0, 0.1) is 16.0 Å². The highest BCUT2D eigenvalue weighted by atomic mass is 16.6. The first-order valence-corrected chi connectivity index (χ1v) is 7.86. The molecule has 0 saturated heterocycles. The molecule has 0 aliphatic carbocycles. The molecule has 0 radical (unpaired) electrons. The summed E-state index contributed by atoms with van der Waals surface area (Å²) in [6.07, 6.45) is 0. The van der Waals surface area contributed by atoms with E-state index in [2.05, 4.69) is 0 Å². The molecule has 25 heavy (non-hydrogen) atoms. The van der Waals surface area contributed by atoms with E-state index in [0.29, 0.717) is 5.56 Å². The van der Waals surface area contributed by atoms with Crippen LogP contribution in [0.2, 0.25) is 0 Å². The van der Waals surface area contributed by atoms with Gasteiger partial charge >= 0.3 is 5.97 Å². The van der Waals surface area contributed by atoms with Gasteiger partial charge in [-0.25, -0.2) is 0 Å². The molecule has 0 heterocycles. The SMILES string of the molecule is CC(=O)C(C(=O)OCc1ccccc1)C(C)c1ccccc1[N+](=O)[O-]. The van der Waals surface area contributed by atoms with E-state index in [1.807, 2.05) is 30.3 Å². The summed E-state index contributed by atoms with van der Waals surface area (Å²) in [5.74, 6) is -2.82. The Kier molecular flexibility index (Phi) is 6.00. The molecule has 2 atom stereocenters. The Bertz CT molecular complexity index is 772. The molecule has 2 rings (SSSR count). The zero-order valence-electron chi connectivity index (χ0n) is 14.0. The van der Waals surface area contributed by atoms with Crippen LogP contribution in [0.1, 0.15) is 30.9 Å². The van der Waals surface area contributed by atoms with Crippen LogP contribution in [0.4, 0.5) is 5.69 Å². The van der Waals surface area contributed by atoms with Gasteiger partial charge in [-0.05, 0) is 12.5 Å². The molecule has 6 heteroatoms. The van der Waals surface area contributed by atoms with Crippen LogP contribution < -0.4 is 0 Å². The molecule has 6 nitrogen and oxygen atoms in total. The molecule has 0 spiro atoms. The number of hydrogen-bond acceptors (Lipinski definition) is 5. The lowest BCUT2D eigenvalue weighted by molar-refractivity contribution is -0.385. The molecule has 0 fully saturated rings. The van der Waals surface area contributed by atoms with Crippen molar-refractivity contribution in [1.82, 2.24) is 0 Å². The van der Waals surface area contributed by atoms with Gasteiger partial charge in [-0.2, -0.15) is 0 Å². The average molecular weight is 341 g/mol. The number of nitro benzene ring substituents is 1. The van der Waals surface area contributed by atoms with Crippen LogP contribution in [0.15, 0.2) is 54.6 Å². The van der Waals surface area contributed by atoms with Gasteiger partial charge in [0.05, 0.1) is 4.92 Å². The van der Waals surface area contributed by atoms with Crippen molar-refractivity contribution in [2.75, 3.05) is 0 Å². The minimum Gasteiger partial charge on any atom is -0.460 e. The van der Waals surface area contributed by atoms with E-state index in [4.69, 9.17) is 4.74 Å². The first-order valence-electron chi connectivity index (χ1n) is 7.86. The standard InChI is InChI=1S/C19H19NO5/c1-13(16-10-6-7-11-17(16)20(23)24)18(14(2)21)19(22)25-12-15-8-4-3-5-9-15/h3-11,13,18H,12H2,1-2H3. The Morgan fingerprint density at radius 1 is 1.08 bits per heavy atom. The van der Waals surface area contributed by atoms with Crippen molar-refractivity contribution in [2.45, 2.75) is 26.4 Å². The first-order chi connectivity index (χ1) is 11.9. The number of Topliss-reactive ketones (excluding diaryl/α,β-unsaturated/α-hetero) is 1. The number of nitrogens with zero attached hydrogens (tertiary/aromatic N) is 1. The number of para-hydroxylation sites is 1. The Labute approximate surface area is 145 Å². The van der Waals surface area contributed by atoms with Crippen molar-refractivity contribution in [3.63, 3.8) is 0 Å². The van der Waals surface area contributed by atoms with E-state index in [1.54, 1.807) is 25.1 Å². The quantitative estimate of drug-likeness (QED) is 0.332. The van der Waals surface area contributed by atoms with Crippen molar-refractivity contribution in [2.24, 2.45) is 5.92 Å². The second-order valence-corrected chi connectivity index (χ2v) is 5.79. The molecule has 0 amide bonds. The van der Waals surface area contributed by atoms with Gasteiger partial charge < -0.3 is 4.74 Å². The van der Waals surface area contributed by atoms with Gasteiger partial charge in [0.15, 0.2) is 0 Å². The summed E-state index contributed by atoms with van der Waals surface area (Å²) in [7, 11) is 0. The molecule has 0 aliphatic heterocycles. The van der Waals surface area contributed by atoms with E-state index < -0.39 is 22.7 Å². The maximum Gasteiger partial charge on any atom is 0.317 e. The van der Waals surface area contributed by atoms with Crippen LogP contribution in [0.3, 0.4) is 0 Å². The Hall–Kier alpha value is -3.02. The van der Waals surface area contributed by atoms with Crippen LogP contribution >= 0.6 is 0 Å². The number of ether oxygens (including phenoxy) is 1. The third-order valence-corrected chi connectivity index (χ3v) is 4.04. The lowest BCUT2D eigenvalue weighted by atomic mass is 9.84. The van der Waals surface area contributed by atoms with Crippen LogP contribution in [-0.4, -0.2) is 16.7 Å². The normalized spacial score (nSPS) is 12.9. The van der Waals surface area contributed by atoms with E-state index in [1.165, 1.54) is 13.0 Å². The van der Waals surface area contributed by atoms with Crippen molar-refractivity contribution in [3.05, 3.63) is 75.8 Å². The number of hydrogen-bond donors (Lipinski definition) is 0. The maximum absolute atomic E-state index is 12.4. The lowest BCUT2D eigenvalue weighted by Gasteiger charge is -2.20. The summed E-state index contributed by atoms with van der Waals surface area (Å²) in [5, 5.41) is 11.2. The number of benzene rings is 2. The molecule has 2 aromatic rings. The van der Waals surface area contributed by atoms with Gasteiger partial charge in [0.1, 0.15) is 18.3 Å². The van der Waals surface area contributed by atoms with Crippen molar-refractivity contribution in [1.29, 1.82) is 0 Å². The van der Waals surface area contributed by atoms with Gasteiger partial charge in [0, 0.05) is 17.5 Å². The average Bonchev–Trinajstić information content (AvgIpc) is 2.60. The predicted octanol–water partition coefficient (Wildman–Crippen LogP) is 3.65. The lowest BCUT2D eigenvalue weighted by Crippen LogP contribution is -2.29. The molecule has 130 valence electrons. The summed E-state index contributed by atoms with van der Waals surface area (Å²) < 4.78 is 5.26. The van der Waals surface area contributed by atoms with Gasteiger partial charge in [-0.3, -0.25) is 19.7 Å². The second kappa shape index (κ2) is 8.19. The molecule has 0 aromatic heterocycles. The van der Waals surface area contributed by atoms with Crippen LogP contribution in [0.5, 0.6) is 0 Å². The molecule has 2 aromatic carbocycles. The van der Waals surface area contributed by atoms with E-state index in [0.717, 1.165) is 5.56 Å². The third-order valence-electron chi connectivity index (χ3n) is 4.04. The molecule has 2 unspecified atom stereocenters. The van der Waals surface area contributed by atoms with E-state index >= 15 is 0 Å². The summed E-state index contributed by atoms with van der Waals surface area (Å²) >= 11 is 0. The van der Waals surface area contributed by atoms with E-state index in [9.17, 15) is 19.7 Å². The Morgan fingerprint density at radius 3 is 2.28 bits per heavy atom. The highest BCUT2D eigenvalue weighted by Gasteiger charge is 2.35. The number of rotatable bonds is 7. The van der Waals surface area contributed by atoms with Crippen molar-refractivity contribution < 1.29 is 19.2 Å². The first kappa shape index (κ1) is 18.3. The Morgan fingerprint density at radius 2 is 1.68 bits per heavy atom. The summed E-state index contributed by atoms with van der Waals surface area (Å²) in [6.45, 7) is 2.96. The number of ketones is 1. The molecular formula is C19H19NO5. The second-order valence-electron chi connectivity index (χ2n) is 5.79. The van der Waals surface area contributed by atoms with Crippen molar-refractivity contribution >= 4 is 17.4 Å². The molecule has 0 N–H and O–H groups in total. The molecule has 0 bridgehead atoms. The van der Waals surface area contributed by atoms with Crippen LogP contribution in [-0.2, 0) is 20.9 Å². The highest BCUT2D eigenvalue weighted by Crippen LogP contribution is 2.32. The fourth-order valence-corrected chi connectivity index (χ4v) is 2.76. The number of carbonyl (C=O) groups excluding carboxylic acids is 2. The fourth-order valence-electron chi connectivity index (χ4n) is 2.76. The minimum absolute atomic E-state index is 0.0487. The number of carbonyl (C=O) groups is 2. The highest BCUT2D eigenvalue weighted by molar-refractivity contribution is 5.98. The predicted molar refractivity (Wildman–Crippen MR) is 91.9 cm³/mol. The van der Waals surface area contributed by atoms with Gasteiger partial charge in [0.25, 0.3) is 5.69 Å². The minimum atomic E-state index is -1.09. The zero-order chi connectivity index (χ0) is 18.4. The number of esters is 1. The van der Waals surface area contributed by atoms with Gasteiger partial charge in [-0.15, -0.1) is 0 Å². The molecule has 0 saturated carbocycles. The number of nitro groups is 1. The fraction of sp³-hybridized carbons (Fsp3) is 0.263. The zero-order valence-corrected chi connectivity index (χ0v) is 14.0. The van der Waals surface area contributed by atoms with E-state index in [-0.39, 0.29) is 18.1 Å². The summed E-state index contributed by atoms with van der Waals surface area (Å²) in [6, 6.07) is 15.2. The smallest absolute Gasteiger partial charge is 0.317 e. The topological polar surface area (TPSA) is 86.5 Å². The van der Waals surface area contributed by atoms with Crippen molar-refractivity contribution in [3.8, 4) is 0 Å². The largest absolute Gasteiger partial charge is 0.460 e. The maximum atomic E-state index is 12.4.